The molecule has 202 valence electrons. The fraction of sp³-hybridized carbons (Fsp3) is 0.500. The molecule has 2 amide bonds. The molecule has 0 bridgehead atoms. The number of carbonyl (C=O) groups is 1. The summed E-state index contributed by atoms with van der Waals surface area (Å²) in [5.74, 6) is -1.49. The average Bonchev–Trinajstić information content (AvgIpc) is 2.66. The SMILES string of the molecule is C.C.C.C.C.CN(C(=O)Nc1cnc(-c2cc(F)cc(F)c2)c(Cl)c1)C1CCN(S(C)(=O)=O)CC1. The molecule has 0 aliphatic carbocycles. The van der Waals surface area contributed by atoms with E-state index in [4.69, 9.17) is 11.6 Å². The summed E-state index contributed by atoms with van der Waals surface area (Å²) in [4.78, 5) is 18.2. The maximum Gasteiger partial charge on any atom is 0.321 e. The van der Waals surface area contributed by atoms with Gasteiger partial charge < -0.3 is 10.2 Å². The minimum Gasteiger partial charge on any atom is -0.325 e. The molecule has 1 aliphatic rings. The van der Waals surface area contributed by atoms with E-state index in [-0.39, 0.29) is 59.5 Å². The molecule has 1 saturated heterocycles. The number of benzene rings is 1. The van der Waals surface area contributed by atoms with Gasteiger partial charge in [0.2, 0.25) is 10.0 Å². The molecule has 1 aromatic heterocycles. The van der Waals surface area contributed by atoms with Gasteiger partial charge >= 0.3 is 6.03 Å². The summed E-state index contributed by atoms with van der Waals surface area (Å²) in [6.45, 7) is 0.709. The normalized spacial score (nSPS) is 13.5. The number of anilines is 1. The molecule has 35 heavy (non-hydrogen) atoms. The van der Waals surface area contributed by atoms with Crippen molar-refractivity contribution in [3.05, 3.63) is 47.1 Å². The average molecular weight is 539 g/mol. The van der Waals surface area contributed by atoms with Crippen molar-refractivity contribution in [2.75, 3.05) is 31.7 Å². The van der Waals surface area contributed by atoms with Gasteiger partial charge in [-0.2, -0.15) is 0 Å². The van der Waals surface area contributed by atoms with Gasteiger partial charge in [-0.25, -0.2) is 26.3 Å². The largest absolute Gasteiger partial charge is 0.325 e. The van der Waals surface area contributed by atoms with Gasteiger partial charge in [-0.15, -0.1) is 0 Å². The van der Waals surface area contributed by atoms with E-state index in [2.05, 4.69) is 10.3 Å². The predicted molar refractivity (Wildman–Crippen MR) is 144 cm³/mol. The minimum atomic E-state index is -3.24. The third kappa shape index (κ3) is 9.35. The van der Waals surface area contributed by atoms with Gasteiger partial charge in [0.1, 0.15) is 11.6 Å². The lowest BCUT2D eigenvalue weighted by atomic mass is 10.1. The molecule has 0 spiro atoms. The van der Waals surface area contributed by atoms with Crippen LogP contribution in [0.25, 0.3) is 11.3 Å². The van der Waals surface area contributed by atoms with Gasteiger partial charge in [-0.3, -0.25) is 4.98 Å². The van der Waals surface area contributed by atoms with E-state index >= 15 is 0 Å². The molecule has 1 N–H and O–H groups in total. The smallest absolute Gasteiger partial charge is 0.321 e. The van der Waals surface area contributed by atoms with Crippen LogP contribution in [0.1, 0.15) is 50.0 Å². The second kappa shape index (κ2) is 15.0. The lowest BCUT2D eigenvalue weighted by Crippen LogP contribution is -2.48. The number of amides is 2. The predicted octanol–water partition coefficient (Wildman–Crippen LogP) is 6.75. The van der Waals surface area contributed by atoms with E-state index in [9.17, 15) is 22.0 Å². The summed E-state index contributed by atoms with van der Waals surface area (Å²) in [6.07, 6.45) is 3.57. The first-order chi connectivity index (χ1) is 14.0. The van der Waals surface area contributed by atoms with Crippen LogP contribution in [0.2, 0.25) is 5.02 Å². The highest BCUT2D eigenvalue weighted by Crippen LogP contribution is 2.29. The molecule has 2 aromatic rings. The van der Waals surface area contributed by atoms with Crippen LogP contribution in [0.3, 0.4) is 0 Å². The topological polar surface area (TPSA) is 82.6 Å². The Morgan fingerprint density at radius 1 is 1.06 bits per heavy atom. The fourth-order valence-corrected chi connectivity index (χ4v) is 4.50. The molecule has 7 nitrogen and oxygen atoms in total. The van der Waals surface area contributed by atoms with Crippen LogP contribution < -0.4 is 5.32 Å². The Bertz CT molecular complexity index is 1040. The van der Waals surface area contributed by atoms with Crippen LogP contribution in [0.5, 0.6) is 0 Å². The Morgan fingerprint density at radius 3 is 2.03 bits per heavy atom. The zero-order chi connectivity index (χ0) is 22.1. The maximum absolute atomic E-state index is 13.4. The number of aromatic nitrogens is 1. The lowest BCUT2D eigenvalue weighted by molar-refractivity contribution is 0.174. The highest BCUT2D eigenvalue weighted by atomic mass is 35.5. The van der Waals surface area contributed by atoms with Crippen molar-refractivity contribution >= 4 is 33.3 Å². The van der Waals surface area contributed by atoms with E-state index in [0.29, 0.717) is 31.6 Å². The molecular weight excluding hydrogens is 498 g/mol. The summed E-state index contributed by atoms with van der Waals surface area (Å²) in [5.41, 5.74) is 0.700. The van der Waals surface area contributed by atoms with E-state index in [1.165, 1.54) is 27.7 Å². The van der Waals surface area contributed by atoms with Gasteiger partial charge in [-0.1, -0.05) is 48.7 Å². The Morgan fingerprint density at radius 2 is 1.57 bits per heavy atom. The van der Waals surface area contributed by atoms with Crippen molar-refractivity contribution in [3.8, 4) is 11.3 Å². The van der Waals surface area contributed by atoms with Crippen molar-refractivity contribution in [1.29, 1.82) is 0 Å². The summed E-state index contributed by atoms with van der Waals surface area (Å²) >= 11 is 6.20. The van der Waals surface area contributed by atoms with E-state index in [1.807, 2.05) is 0 Å². The molecule has 1 aromatic carbocycles. The monoisotopic (exact) mass is 538 g/mol. The van der Waals surface area contributed by atoms with Crippen LogP contribution in [-0.2, 0) is 10.0 Å². The zero-order valence-electron chi connectivity index (χ0n) is 16.4. The number of urea groups is 1. The highest BCUT2D eigenvalue weighted by Gasteiger charge is 2.29. The molecule has 1 fully saturated rings. The summed E-state index contributed by atoms with van der Waals surface area (Å²) < 4.78 is 51.5. The van der Waals surface area contributed by atoms with Crippen LogP contribution in [0.4, 0.5) is 19.3 Å². The van der Waals surface area contributed by atoms with Gasteiger partial charge in [0.15, 0.2) is 0 Å². The number of nitrogens with zero attached hydrogens (tertiary/aromatic N) is 3. The van der Waals surface area contributed by atoms with E-state index < -0.39 is 27.7 Å². The Balaban J connectivity index is -0.00000205. The fourth-order valence-electron chi connectivity index (χ4n) is 3.35. The first-order valence-electron chi connectivity index (χ1n) is 9.15. The second-order valence-corrected chi connectivity index (χ2v) is 9.54. The van der Waals surface area contributed by atoms with Crippen LogP contribution in [0, 0.1) is 11.6 Å². The number of hydrogen-bond donors (Lipinski definition) is 1. The van der Waals surface area contributed by atoms with Gasteiger partial charge in [0, 0.05) is 37.8 Å². The molecule has 2 heterocycles. The van der Waals surface area contributed by atoms with Crippen LogP contribution in [-0.4, -0.2) is 61.1 Å². The van der Waals surface area contributed by atoms with Crippen molar-refractivity contribution in [3.63, 3.8) is 0 Å². The Hall–Kier alpha value is -2.30. The molecule has 0 unspecified atom stereocenters. The standard InChI is InChI=1S/C19H21ClF2N4O3S.5CH4/c1-25(16-3-5-26(6-4-16)30(2,28)29)19(27)24-15-10-17(20)18(23-11-15)12-7-13(21)9-14(22)8-12;;;;;/h7-11,16H,3-6H2,1-2H3,(H,24,27);5*1H4. The van der Waals surface area contributed by atoms with Crippen molar-refractivity contribution < 1.29 is 22.0 Å². The molecule has 0 radical (unpaired) electrons. The van der Waals surface area contributed by atoms with Crippen molar-refractivity contribution in [2.24, 2.45) is 0 Å². The van der Waals surface area contributed by atoms with Gasteiger partial charge in [0.05, 0.1) is 28.9 Å². The number of nitrogens with one attached hydrogen (secondary N) is 1. The van der Waals surface area contributed by atoms with Gasteiger partial charge in [-0.05, 0) is 31.0 Å². The summed E-state index contributed by atoms with van der Waals surface area (Å²) in [6, 6.07) is 3.93. The number of hydrogen-bond acceptors (Lipinski definition) is 4. The third-order valence-electron chi connectivity index (χ3n) is 4.99. The molecular formula is C24H41ClF2N4O3S. The summed E-state index contributed by atoms with van der Waals surface area (Å²) in [7, 11) is -1.60. The number of sulfonamides is 1. The summed E-state index contributed by atoms with van der Waals surface area (Å²) in [5, 5.41) is 2.81. The maximum atomic E-state index is 13.4. The minimum absolute atomic E-state index is 0. The zero-order valence-corrected chi connectivity index (χ0v) is 18.0. The van der Waals surface area contributed by atoms with Crippen molar-refractivity contribution in [2.45, 2.75) is 56.0 Å². The number of pyridine rings is 1. The molecule has 3 rings (SSSR count). The number of rotatable bonds is 4. The number of piperidine rings is 1. The third-order valence-corrected chi connectivity index (χ3v) is 6.58. The quantitative estimate of drug-likeness (QED) is 0.467. The van der Waals surface area contributed by atoms with Crippen LogP contribution >= 0.6 is 11.6 Å². The molecule has 11 heteroatoms. The van der Waals surface area contributed by atoms with Crippen LogP contribution in [0.15, 0.2) is 30.5 Å². The molecule has 1 aliphatic heterocycles. The highest BCUT2D eigenvalue weighted by molar-refractivity contribution is 7.88. The number of carbonyl (C=O) groups excluding carboxylic acids is 1. The molecule has 0 atom stereocenters. The van der Waals surface area contributed by atoms with Gasteiger partial charge in [0.25, 0.3) is 0 Å². The first-order valence-corrected chi connectivity index (χ1v) is 11.4. The van der Waals surface area contributed by atoms with E-state index in [0.717, 1.165) is 18.2 Å². The first kappa shape index (κ1) is 37.3. The second-order valence-electron chi connectivity index (χ2n) is 7.15. The van der Waals surface area contributed by atoms with Crippen molar-refractivity contribution in [1.82, 2.24) is 14.2 Å². The number of halogens is 3. The Labute approximate surface area is 215 Å². The Kier molecular flexibility index (Phi) is 15.9. The lowest BCUT2D eigenvalue weighted by Gasteiger charge is -2.35. The molecule has 0 saturated carbocycles. The van der Waals surface area contributed by atoms with E-state index in [1.54, 1.807) is 7.05 Å².